The van der Waals surface area contributed by atoms with Crippen LogP contribution in [-0.2, 0) is 0 Å². The third-order valence-corrected chi connectivity index (χ3v) is 2.99. The van der Waals surface area contributed by atoms with Crippen molar-refractivity contribution < 1.29 is 11.0 Å². The average Bonchev–Trinajstić information content (AvgIpc) is 1.61. The van der Waals surface area contributed by atoms with Gasteiger partial charge in [0.15, 0.2) is 0 Å². The molecular weight excluding hydrogens is 310 g/mol. The van der Waals surface area contributed by atoms with Crippen LogP contribution >= 0.6 is 0 Å². The molecular formula is C4H12In2O2. The Morgan fingerprint density at radius 3 is 1.12 bits per heavy atom. The molecule has 8 heavy (non-hydrogen) atoms. The Labute approximate surface area is 80.2 Å². The van der Waals surface area contributed by atoms with Crippen molar-refractivity contribution in [2.75, 3.05) is 0 Å². The predicted octanol–water partition coefficient (Wildman–Crippen LogP) is -0.709. The minimum absolute atomic E-state index is 0. The van der Waals surface area contributed by atoms with Crippen molar-refractivity contribution in [1.82, 2.24) is 0 Å². The summed E-state index contributed by atoms with van der Waals surface area (Å²) in [6.45, 7) is 0. The van der Waals surface area contributed by atoms with Crippen molar-refractivity contribution in [1.29, 1.82) is 0 Å². The van der Waals surface area contributed by atoms with Crippen LogP contribution in [-0.4, -0.2) is 59.7 Å². The molecule has 4 N–H and O–H groups in total. The molecule has 0 bridgehead atoms. The van der Waals surface area contributed by atoms with Gasteiger partial charge in [0.2, 0.25) is 0 Å². The molecule has 4 radical (unpaired) electrons. The molecule has 4 heteroatoms. The van der Waals surface area contributed by atoms with Crippen LogP contribution in [0.3, 0.4) is 0 Å². The second-order valence-electron chi connectivity index (χ2n) is 1.28. The summed E-state index contributed by atoms with van der Waals surface area (Å²) < 4.78 is 3.01. The molecule has 0 saturated carbocycles. The van der Waals surface area contributed by atoms with Crippen molar-refractivity contribution in [3.8, 4) is 0 Å². The van der Waals surface area contributed by atoms with E-state index in [0.717, 1.165) is 0 Å². The molecule has 0 aromatic rings. The Kier molecular flexibility index (Phi) is 32.4. The molecule has 0 spiro atoms. The van der Waals surface area contributed by atoms with Gasteiger partial charge in [-0.15, -0.1) is 0 Å². The van der Waals surface area contributed by atoms with Gasteiger partial charge >= 0.3 is 69.9 Å². The maximum atomic E-state index is 1.51. The van der Waals surface area contributed by atoms with E-state index in [-0.39, 0.29) is 11.0 Å². The summed E-state index contributed by atoms with van der Waals surface area (Å²) in [5.41, 5.74) is 0. The zero-order chi connectivity index (χ0) is 4.83. The van der Waals surface area contributed by atoms with Crippen LogP contribution in [0.15, 0.2) is 0 Å². The predicted molar refractivity (Wildman–Crippen MR) is 37.6 cm³/mol. The third kappa shape index (κ3) is 15.6. The molecule has 2 nitrogen and oxygen atoms in total. The van der Waals surface area contributed by atoms with Gasteiger partial charge in [-0.25, -0.2) is 0 Å². The quantitative estimate of drug-likeness (QED) is 0.617. The van der Waals surface area contributed by atoms with Gasteiger partial charge in [-0.3, -0.25) is 0 Å². The van der Waals surface area contributed by atoms with Crippen LogP contribution < -0.4 is 0 Å². The second-order valence-corrected chi connectivity index (χ2v) is 4.58. The molecule has 0 atom stereocenters. The first kappa shape index (κ1) is 16.3. The van der Waals surface area contributed by atoms with Gasteiger partial charge in [-0.1, -0.05) is 0 Å². The first-order chi connectivity index (χ1) is 2.91. The Hall–Kier alpha value is 1.66. The maximum absolute atomic E-state index is 1.51. The van der Waals surface area contributed by atoms with Gasteiger partial charge in [-0.05, 0) is 0 Å². The van der Waals surface area contributed by atoms with E-state index in [9.17, 15) is 0 Å². The summed E-state index contributed by atoms with van der Waals surface area (Å²) in [6.07, 6.45) is 3.01. The summed E-state index contributed by atoms with van der Waals surface area (Å²) in [5, 5.41) is 0. The Morgan fingerprint density at radius 1 is 0.750 bits per heavy atom. The van der Waals surface area contributed by atoms with Crippen LogP contribution in [0, 0.1) is 0 Å². The molecule has 0 aliphatic rings. The zero-order valence-electron chi connectivity index (χ0n) is 4.98. The Bertz CT molecular complexity index is 24.0. The third-order valence-electron chi connectivity index (χ3n) is 0.658. The SMILES string of the molecule is O.O.[In][CH2]CC[CH2][In]. The summed E-state index contributed by atoms with van der Waals surface area (Å²) in [4.78, 5) is 0. The van der Waals surface area contributed by atoms with E-state index in [1.807, 2.05) is 0 Å². The van der Waals surface area contributed by atoms with E-state index in [1.165, 1.54) is 69.9 Å². The zero-order valence-corrected chi connectivity index (χ0v) is 11.6. The van der Waals surface area contributed by atoms with E-state index < -0.39 is 0 Å². The fourth-order valence-electron chi connectivity index (χ4n) is 0.289. The van der Waals surface area contributed by atoms with Crippen LogP contribution in [0.2, 0.25) is 8.35 Å². The first-order valence-corrected chi connectivity index (χ1v) is 6.98. The van der Waals surface area contributed by atoms with Crippen LogP contribution in [0.5, 0.6) is 0 Å². The van der Waals surface area contributed by atoms with Gasteiger partial charge in [-0.2, -0.15) is 0 Å². The molecule has 0 saturated heterocycles. The van der Waals surface area contributed by atoms with Gasteiger partial charge in [0.1, 0.15) is 0 Å². The van der Waals surface area contributed by atoms with Gasteiger partial charge in [0.25, 0.3) is 0 Å². The topological polar surface area (TPSA) is 63.0 Å². The molecule has 46 valence electrons. The number of hydrogen-bond donors (Lipinski definition) is 0. The van der Waals surface area contributed by atoms with Gasteiger partial charge < -0.3 is 11.0 Å². The normalized spacial score (nSPS) is 6.50. The van der Waals surface area contributed by atoms with E-state index in [0.29, 0.717) is 0 Å². The summed E-state index contributed by atoms with van der Waals surface area (Å²) in [7, 11) is 0. The fraction of sp³-hybridized carbons (Fsp3) is 1.00. The standard InChI is InChI=1S/C4H8.2In.2H2O/c1-3-4-2;;;;/h1-4H2;;;2*1H2. The molecule has 0 aromatic heterocycles. The number of unbranched alkanes of at least 4 members (excludes halogenated alkanes) is 1. The van der Waals surface area contributed by atoms with Crippen molar-refractivity contribution in [3.05, 3.63) is 0 Å². The van der Waals surface area contributed by atoms with Crippen molar-refractivity contribution >= 4 is 48.7 Å². The molecule has 0 heterocycles. The molecule has 0 amide bonds. The molecule has 0 aliphatic carbocycles. The fourth-order valence-corrected chi connectivity index (χ4v) is 1.94. The molecule has 0 fully saturated rings. The van der Waals surface area contributed by atoms with Gasteiger partial charge in [0, 0.05) is 0 Å². The molecule has 0 aromatic carbocycles. The van der Waals surface area contributed by atoms with Crippen LogP contribution in [0.4, 0.5) is 0 Å². The van der Waals surface area contributed by atoms with E-state index >= 15 is 0 Å². The van der Waals surface area contributed by atoms with Crippen molar-refractivity contribution in [2.24, 2.45) is 0 Å². The van der Waals surface area contributed by atoms with Crippen LogP contribution in [0.25, 0.3) is 0 Å². The van der Waals surface area contributed by atoms with Crippen molar-refractivity contribution in [3.63, 3.8) is 0 Å². The summed E-state index contributed by atoms with van der Waals surface area (Å²) in [5.74, 6) is 0. The molecule has 0 unspecified atom stereocenters. The Balaban J connectivity index is -0.000000125. The number of rotatable bonds is 3. The number of hydrogen-bond acceptors (Lipinski definition) is 0. The Morgan fingerprint density at radius 2 is 1.00 bits per heavy atom. The summed E-state index contributed by atoms with van der Waals surface area (Å²) in [6, 6.07) is 0. The average molecular weight is 322 g/mol. The van der Waals surface area contributed by atoms with E-state index in [1.54, 1.807) is 0 Å². The second kappa shape index (κ2) is 15.9. The van der Waals surface area contributed by atoms with Gasteiger partial charge in [0.05, 0.1) is 0 Å². The molecule has 0 aliphatic heterocycles. The monoisotopic (exact) mass is 322 g/mol. The van der Waals surface area contributed by atoms with E-state index in [4.69, 9.17) is 0 Å². The van der Waals surface area contributed by atoms with Crippen LogP contribution in [0.1, 0.15) is 12.8 Å². The van der Waals surface area contributed by atoms with E-state index in [2.05, 4.69) is 0 Å². The summed E-state index contributed by atoms with van der Waals surface area (Å²) >= 11 is 2.94. The first-order valence-electron chi connectivity index (χ1n) is 2.32. The molecule has 0 rings (SSSR count). The minimum atomic E-state index is 0. The van der Waals surface area contributed by atoms with Crippen molar-refractivity contribution in [2.45, 2.75) is 21.2 Å².